The van der Waals surface area contributed by atoms with E-state index in [4.69, 9.17) is 14.0 Å². The Bertz CT molecular complexity index is 933. The van der Waals surface area contributed by atoms with Gasteiger partial charge in [0.1, 0.15) is 11.6 Å². The minimum absolute atomic E-state index is 0.0441. The summed E-state index contributed by atoms with van der Waals surface area (Å²) in [5, 5.41) is 17.3. The van der Waals surface area contributed by atoms with Crippen molar-refractivity contribution in [1.29, 1.82) is 0 Å². The summed E-state index contributed by atoms with van der Waals surface area (Å²) in [6.45, 7) is 4.32. The van der Waals surface area contributed by atoms with Crippen molar-refractivity contribution < 1.29 is 14.0 Å². The summed E-state index contributed by atoms with van der Waals surface area (Å²) in [6, 6.07) is 5.43. The van der Waals surface area contributed by atoms with Gasteiger partial charge in [0.25, 0.3) is 0 Å². The van der Waals surface area contributed by atoms with Crippen molar-refractivity contribution in [2.75, 3.05) is 17.7 Å². The molecule has 3 heterocycles. The standard InChI is InChI=1S/C18H23N7O3/c1-10(2)27-17-8-15(23-24-17)20-14-7-16(26-3)22-18(21-14)19-9-12-6-13(25-28-12)11-4-5-11/h6-8,10-11H,4-5,9H2,1-3H3,(H3,19,20,21,22,23,24). The monoisotopic (exact) mass is 385 g/mol. The molecule has 0 radical (unpaired) electrons. The fraction of sp³-hybridized carbons (Fsp3) is 0.444. The molecule has 10 heteroatoms. The van der Waals surface area contributed by atoms with Crippen LogP contribution in [0.15, 0.2) is 22.7 Å². The number of aromatic nitrogens is 5. The summed E-state index contributed by atoms with van der Waals surface area (Å²) in [5.74, 6) is 3.83. The van der Waals surface area contributed by atoms with Gasteiger partial charge in [-0.2, -0.15) is 9.97 Å². The summed E-state index contributed by atoms with van der Waals surface area (Å²) < 4.78 is 16.2. The predicted molar refractivity (Wildman–Crippen MR) is 102 cm³/mol. The van der Waals surface area contributed by atoms with Gasteiger partial charge in [0.2, 0.25) is 17.7 Å². The molecule has 0 atom stereocenters. The van der Waals surface area contributed by atoms with Crippen LogP contribution < -0.4 is 20.1 Å². The van der Waals surface area contributed by atoms with E-state index in [9.17, 15) is 0 Å². The van der Waals surface area contributed by atoms with Gasteiger partial charge < -0.3 is 24.6 Å². The number of methoxy groups -OCH3 is 1. The van der Waals surface area contributed by atoms with Crippen LogP contribution in [0.5, 0.6) is 11.8 Å². The van der Waals surface area contributed by atoms with Crippen molar-refractivity contribution in [3.63, 3.8) is 0 Å². The van der Waals surface area contributed by atoms with Crippen LogP contribution in [0, 0.1) is 0 Å². The Balaban J connectivity index is 1.43. The van der Waals surface area contributed by atoms with Crippen LogP contribution in [0.4, 0.5) is 17.6 Å². The van der Waals surface area contributed by atoms with E-state index in [1.54, 1.807) is 19.2 Å². The zero-order chi connectivity index (χ0) is 19.5. The van der Waals surface area contributed by atoms with Crippen LogP contribution in [0.25, 0.3) is 0 Å². The number of nitrogens with zero attached hydrogens (tertiary/aromatic N) is 4. The van der Waals surface area contributed by atoms with E-state index in [0.717, 1.165) is 11.5 Å². The number of nitrogens with one attached hydrogen (secondary N) is 3. The van der Waals surface area contributed by atoms with Crippen molar-refractivity contribution in [2.45, 2.75) is 45.3 Å². The molecule has 1 saturated carbocycles. The molecule has 0 aliphatic heterocycles. The van der Waals surface area contributed by atoms with Crippen molar-refractivity contribution in [1.82, 2.24) is 25.3 Å². The normalized spacial score (nSPS) is 13.6. The minimum Gasteiger partial charge on any atom is -0.481 e. The molecule has 0 unspecified atom stereocenters. The highest BCUT2D eigenvalue weighted by Gasteiger charge is 2.27. The number of rotatable bonds is 9. The quantitative estimate of drug-likeness (QED) is 0.509. The van der Waals surface area contributed by atoms with Gasteiger partial charge in [-0.25, -0.2) is 0 Å². The highest BCUT2D eigenvalue weighted by atomic mass is 16.5. The molecule has 3 aromatic rings. The first kappa shape index (κ1) is 18.1. The molecule has 28 heavy (non-hydrogen) atoms. The average Bonchev–Trinajstić information content (AvgIpc) is 3.26. The Hall–Kier alpha value is -3.30. The first-order chi connectivity index (χ1) is 13.6. The number of anilines is 3. The van der Waals surface area contributed by atoms with Crippen LogP contribution in [0.3, 0.4) is 0 Å². The van der Waals surface area contributed by atoms with E-state index < -0.39 is 0 Å². The summed E-state index contributed by atoms with van der Waals surface area (Å²) in [5.41, 5.74) is 1.02. The topological polar surface area (TPSA) is 123 Å². The Morgan fingerprint density at radius 3 is 2.82 bits per heavy atom. The average molecular weight is 385 g/mol. The summed E-state index contributed by atoms with van der Waals surface area (Å²) >= 11 is 0. The lowest BCUT2D eigenvalue weighted by molar-refractivity contribution is 0.232. The molecular formula is C18H23N7O3. The largest absolute Gasteiger partial charge is 0.481 e. The van der Waals surface area contributed by atoms with Crippen LogP contribution in [-0.4, -0.2) is 38.5 Å². The Kier molecular flexibility index (Phi) is 5.00. The van der Waals surface area contributed by atoms with Crippen molar-refractivity contribution in [3.8, 4) is 11.8 Å². The molecule has 1 aliphatic carbocycles. The van der Waals surface area contributed by atoms with E-state index in [1.165, 1.54) is 12.8 Å². The molecule has 1 aliphatic rings. The third kappa shape index (κ3) is 4.51. The van der Waals surface area contributed by atoms with Gasteiger partial charge >= 0.3 is 0 Å². The maximum absolute atomic E-state index is 5.54. The summed E-state index contributed by atoms with van der Waals surface area (Å²) in [7, 11) is 1.55. The van der Waals surface area contributed by atoms with Crippen LogP contribution in [0.2, 0.25) is 0 Å². The molecule has 0 aromatic carbocycles. The molecule has 3 N–H and O–H groups in total. The maximum atomic E-state index is 5.54. The Morgan fingerprint density at radius 1 is 1.21 bits per heavy atom. The van der Waals surface area contributed by atoms with Gasteiger partial charge in [-0.3, -0.25) is 5.10 Å². The lowest BCUT2D eigenvalue weighted by Crippen LogP contribution is -2.06. The Labute approximate surface area is 162 Å². The first-order valence-electron chi connectivity index (χ1n) is 9.20. The zero-order valence-corrected chi connectivity index (χ0v) is 16.0. The minimum atomic E-state index is 0.0441. The summed E-state index contributed by atoms with van der Waals surface area (Å²) in [6.07, 6.45) is 2.42. The number of hydrogen-bond donors (Lipinski definition) is 3. The van der Waals surface area contributed by atoms with Gasteiger partial charge in [0.05, 0.1) is 25.5 Å². The van der Waals surface area contributed by atoms with E-state index in [1.807, 2.05) is 19.9 Å². The van der Waals surface area contributed by atoms with Crippen LogP contribution in [-0.2, 0) is 6.54 Å². The van der Waals surface area contributed by atoms with Gasteiger partial charge in [0, 0.05) is 24.1 Å². The third-order valence-electron chi connectivity index (χ3n) is 4.08. The molecule has 1 fully saturated rings. The zero-order valence-electron chi connectivity index (χ0n) is 16.0. The smallest absolute Gasteiger partial charge is 0.234 e. The highest BCUT2D eigenvalue weighted by Crippen LogP contribution is 2.39. The number of H-pyrrole nitrogens is 1. The molecule has 10 nitrogen and oxygen atoms in total. The molecular weight excluding hydrogens is 362 g/mol. The first-order valence-corrected chi connectivity index (χ1v) is 9.20. The second-order valence-electron chi connectivity index (χ2n) is 6.88. The molecule has 0 saturated heterocycles. The van der Waals surface area contributed by atoms with Gasteiger partial charge in [0.15, 0.2) is 5.76 Å². The molecule has 148 valence electrons. The maximum Gasteiger partial charge on any atom is 0.234 e. The van der Waals surface area contributed by atoms with Gasteiger partial charge in [-0.1, -0.05) is 5.16 Å². The van der Waals surface area contributed by atoms with Crippen LogP contribution in [0.1, 0.15) is 44.1 Å². The van der Waals surface area contributed by atoms with Crippen molar-refractivity contribution in [2.24, 2.45) is 0 Å². The molecule has 0 spiro atoms. The molecule has 4 rings (SSSR count). The SMILES string of the molecule is COc1cc(Nc2cc(OC(C)C)n[nH]2)nc(NCc2cc(C3CC3)no2)n1. The number of ether oxygens (including phenoxy) is 2. The lowest BCUT2D eigenvalue weighted by Gasteiger charge is -2.09. The number of aromatic amines is 1. The third-order valence-corrected chi connectivity index (χ3v) is 4.08. The van der Waals surface area contributed by atoms with Crippen molar-refractivity contribution in [3.05, 3.63) is 29.7 Å². The molecule has 0 amide bonds. The molecule has 3 aromatic heterocycles. The fourth-order valence-electron chi connectivity index (χ4n) is 2.63. The van der Waals surface area contributed by atoms with Crippen molar-refractivity contribution >= 4 is 17.6 Å². The summed E-state index contributed by atoms with van der Waals surface area (Å²) in [4.78, 5) is 8.76. The fourth-order valence-corrected chi connectivity index (χ4v) is 2.63. The highest BCUT2D eigenvalue weighted by molar-refractivity contribution is 5.55. The lowest BCUT2D eigenvalue weighted by atomic mass is 10.3. The van der Waals surface area contributed by atoms with Crippen LogP contribution >= 0.6 is 0 Å². The second kappa shape index (κ2) is 7.75. The van der Waals surface area contributed by atoms with E-state index >= 15 is 0 Å². The molecule has 0 bridgehead atoms. The van der Waals surface area contributed by atoms with E-state index in [0.29, 0.717) is 41.8 Å². The predicted octanol–water partition coefficient (Wildman–Crippen LogP) is 3.22. The number of hydrogen-bond acceptors (Lipinski definition) is 9. The van der Waals surface area contributed by atoms with Gasteiger partial charge in [-0.15, -0.1) is 5.10 Å². The van der Waals surface area contributed by atoms with E-state index in [-0.39, 0.29) is 6.10 Å². The second-order valence-corrected chi connectivity index (χ2v) is 6.88. The van der Waals surface area contributed by atoms with E-state index in [2.05, 4.69) is 36.0 Å². The van der Waals surface area contributed by atoms with Gasteiger partial charge in [-0.05, 0) is 26.7 Å². The Morgan fingerprint density at radius 2 is 2.07 bits per heavy atom.